The summed E-state index contributed by atoms with van der Waals surface area (Å²) < 4.78 is 42.5. The average molecular weight is 260 g/mol. The standard InChI is InChI=1S/C13H15F3O2/c1-9(2)18-7-6-12(17)10-4-3-5-11(8-10)13(14,15)16/h3-5,8-9H,6-7H2,1-2H3. The van der Waals surface area contributed by atoms with Crippen molar-refractivity contribution in [1.82, 2.24) is 0 Å². The van der Waals surface area contributed by atoms with E-state index in [0.717, 1.165) is 12.1 Å². The number of ketones is 1. The van der Waals surface area contributed by atoms with E-state index in [1.165, 1.54) is 12.1 Å². The number of benzene rings is 1. The first-order valence-electron chi connectivity index (χ1n) is 5.63. The Balaban J connectivity index is 2.69. The number of halogens is 3. The topological polar surface area (TPSA) is 26.3 Å². The maximum atomic E-state index is 12.5. The van der Waals surface area contributed by atoms with Gasteiger partial charge in [0.05, 0.1) is 18.3 Å². The number of carbonyl (C=O) groups is 1. The van der Waals surface area contributed by atoms with Crippen LogP contribution in [0.15, 0.2) is 24.3 Å². The van der Waals surface area contributed by atoms with Crippen LogP contribution in [0.1, 0.15) is 36.2 Å². The van der Waals surface area contributed by atoms with E-state index in [-0.39, 0.29) is 30.5 Å². The molecule has 1 aromatic carbocycles. The van der Waals surface area contributed by atoms with Crippen molar-refractivity contribution < 1.29 is 22.7 Å². The summed E-state index contributed by atoms with van der Waals surface area (Å²) in [5, 5.41) is 0. The highest BCUT2D eigenvalue weighted by atomic mass is 19.4. The summed E-state index contributed by atoms with van der Waals surface area (Å²) >= 11 is 0. The Morgan fingerprint density at radius 2 is 2.00 bits per heavy atom. The third-order valence-corrected chi connectivity index (χ3v) is 2.29. The molecule has 0 amide bonds. The number of alkyl halides is 3. The van der Waals surface area contributed by atoms with Gasteiger partial charge in [-0.05, 0) is 26.0 Å². The third-order valence-electron chi connectivity index (χ3n) is 2.29. The van der Waals surface area contributed by atoms with Gasteiger partial charge in [-0.25, -0.2) is 0 Å². The van der Waals surface area contributed by atoms with Crippen molar-refractivity contribution in [1.29, 1.82) is 0 Å². The van der Waals surface area contributed by atoms with E-state index in [2.05, 4.69) is 0 Å². The molecular formula is C13H15F3O2. The highest BCUT2D eigenvalue weighted by Gasteiger charge is 2.30. The molecule has 0 aliphatic heterocycles. The summed E-state index contributed by atoms with van der Waals surface area (Å²) in [5.74, 6) is -0.346. The van der Waals surface area contributed by atoms with Crippen LogP contribution >= 0.6 is 0 Å². The average Bonchev–Trinajstić information content (AvgIpc) is 2.27. The lowest BCUT2D eigenvalue weighted by Crippen LogP contribution is -2.11. The summed E-state index contributed by atoms with van der Waals surface area (Å²) in [7, 11) is 0. The SMILES string of the molecule is CC(C)OCCC(=O)c1cccc(C(F)(F)F)c1. The van der Waals surface area contributed by atoms with Crippen LogP contribution in [0.2, 0.25) is 0 Å². The van der Waals surface area contributed by atoms with Gasteiger partial charge in [0.25, 0.3) is 0 Å². The molecule has 1 rings (SSSR count). The van der Waals surface area contributed by atoms with E-state index in [1.54, 1.807) is 0 Å². The predicted octanol–water partition coefficient (Wildman–Crippen LogP) is 3.70. The van der Waals surface area contributed by atoms with Gasteiger partial charge in [-0.15, -0.1) is 0 Å². The molecule has 100 valence electrons. The molecule has 0 saturated heterocycles. The Kier molecular flexibility index (Phi) is 4.90. The number of rotatable bonds is 5. The molecule has 0 bridgehead atoms. The minimum Gasteiger partial charge on any atom is -0.378 e. The zero-order valence-electron chi connectivity index (χ0n) is 10.3. The van der Waals surface area contributed by atoms with E-state index >= 15 is 0 Å². The molecule has 0 spiro atoms. The molecule has 2 nitrogen and oxygen atoms in total. The molecule has 0 aliphatic carbocycles. The van der Waals surface area contributed by atoms with Crippen LogP contribution in [-0.2, 0) is 10.9 Å². The fourth-order valence-electron chi connectivity index (χ4n) is 1.40. The molecule has 0 heterocycles. The van der Waals surface area contributed by atoms with Gasteiger partial charge in [0.15, 0.2) is 5.78 Å². The zero-order valence-corrected chi connectivity index (χ0v) is 10.3. The van der Waals surface area contributed by atoms with Crippen molar-refractivity contribution >= 4 is 5.78 Å². The lowest BCUT2D eigenvalue weighted by molar-refractivity contribution is -0.137. The number of hydrogen-bond donors (Lipinski definition) is 0. The molecule has 0 radical (unpaired) electrons. The summed E-state index contributed by atoms with van der Waals surface area (Å²) in [4.78, 5) is 11.7. The van der Waals surface area contributed by atoms with E-state index < -0.39 is 11.7 Å². The second-order valence-electron chi connectivity index (χ2n) is 4.17. The van der Waals surface area contributed by atoms with Crippen molar-refractivity contribution in [3.63, 3.8) is 0 Å². The largest absolute Gasteiger partial charge is 0.416 e. The second kappa shape index (κ2) is 6.00. The van der Waals surface area contributed by atoms with Crippen LogP contribution in [0, 0.1) is 0 Å². The summed E-state index contributed by atoms with van der Waals surface area (Å²) in [6, 6.07) is 4.44. The van der Waals surface area contributed by atoms with Crippen molar-refractivity contribution in [3.8, 4) is 0 Å². The molecule has 0 fully saturated rings. The molecule has 0 atom stereocenters. The summed E-state index contributed by atoms with van der Waals surface area (Å²) in [6.07, 6.45) is -4.34. The van der Waals surface area contributed by atoms with Gasteiger partial charge in [0.1, 0.15) is 0 Å². The monoisotopic (exact) mass is 260 g/mol. The fraction of sp³-hybridized carbons (Fsp3) is 0.462. The van der Waals surface area contributed by atoms with E-state index in [1.807, 2.05) is 13.8 Å². The number of ether oxygens (including phenoxy) is 1. The van der Waals surface area contributed by atoms with Gasteiger partial charge >= 0.3 is 6.18 Å². The van der Waals surface area contributed by atoms with Crippen LogP contribution in [0.5, 0.6) is 0 Å². The second-order valence-corrected chi connectivity index (χ2v) is 4.17. The maximum absolute atomic E-state index is 12.5. The molecule has 0 saturated carbocycles. The normalized spacial score (nSPS) is 11.9. The van der Waals surface area contributed by atoms with Crippen molar-refractivity contribution in [2.45, 2.75) is 32.5 Å². The Morgan fingerprint density at radius 1 is 1.33 bits per heavy atom. The van der Waals surface area contributed by atoms with Crippen molar-refractivity contribution in [3.05, 3.63) is 35.4 Å². The maximum Gasteiger partial charge on any atom is 0.416 e. The Hall–Kier alpha value is -1.36. The molecule has 0 N–H and O–H groups in total. The first-order valence-corrected chi connectivity index (χ1v) is 5.63. The molecular weight excluding hydrogens is 245 g/mol. The summed E-state index contributed by atoms with van der Waals surface area (Å²) in [5.41, 5.74) is -0.740. The Morgan fingerprint density at radius 3 is 2.56 bits per heavy atom. The quantitative estimate of drug-likeness (QED) is 0.754. The smallest absolute Gasteiger partial charge is 0.378 e. The number of Topliss-reactive ketones (excluding diaryl/α,β-unsaturated/α-hetero) is 1. The lowest BCUT2D eigenvalue weighted by Gasteiger charge is -2.09. The van der Waals surface area contributed by atoms with Gasteiger partial charge in [0.2, 0.25) is 0 Å². The van der Waals surface area contributed by atoms with E-state index in [9.17, 15) is 18.0 Å². The van der Waals surface area contributed by atoms with Gasteiger partial charge in [-0.1, -0.05) is 12.1 Å². The van der Waals surface area contributed by atoms with Crippen LogP contribution in [0.4, 0.5) is 13.2 Å². The van der Waals surface area contributed by atoms with Gasteiger partial charge in [0, 0.05) is 12.0 Å². The molecule has 0 aromatic heterocycles. The molecule has 0 unspecified atom stereocenters. The van der Waals surface area contributed by atoms with E-state index in [0.29, 0.717) is 0 Å². The Bertz CT molecular complexity index is 411. The van der Waals surface area contributed by atoms with Gasteiger partial charge < -0.3 is 4.74 Å². The van der Waals surface area contributed by atoms with Crippen molar-refractivity contribution in [2.24, 2.45) is 0 Å². The van der Waals surface area contributed by atoms with Crippen LogP contribution in [0.25, 0.3) is 0 Å². The van der Waals surface area contributed by atoms with Gasteiger partial charge in [-0.2, -0.15) is 13.2 Å². The van der Waals surface area contributed by atoms with Crippen LogP contribution in [-0.4, -0.2) is 18.5 Å². The lowest BCUT2D eigenvalue weighted by atomic mass is 10.1. The van der Waals surface area contributed by atoms with Crippen molar-refractivity contribution in [2.75, 3.05) is 6.61 Å². The van der Waals surface area contributed by atoms with Gasteiger partial charge in [-0.3, -0.25) is 4.79 Å². The Labute approximate surface area is 104 Å². The third kappa shape index (κ3) is 4.49. The number of carbonyl (C=O) groups excluding carboxylic acids is 1. The highest BCUT2D eigenvalue weighted by Crippen LogP contribution is 2.29. The van der Waals surface area contributed by atoms with Crippen LogP contribution < -0.4 is 0 Å². The molecule has 18 heavy (non-hydrogen) atoms. The molecule has 5 heteroatoms. The first kappa shape index (κ1) is 14.7. The molecule has 1 aromatic rings. The number of hydrogen-bond acceptors (Lipinski definition) is 2. The minimum atomic E-state index is -4.43. The highest BCUT2D eigenvalue weighted by molar-refractivity contribution is 5.96. The molecule has 0 aliphatic rings. The fourth-order valence-corrected chi connectivity index (χ4v) is 1.40. The van der Waals surface area contributed by atoms with Crippen LogP contribution in [0.3, 0.4) is 0 Å². The zero-order chi connectivity index (χ0) is 13.8. The minimum absolute atomic E-state index is 0.000639. The first-order chi connectivity index (χ1) is 8.30. The summed E-state index contributed by atoms with van der Waals surface area (Å²) in [6.45, 7) is 3.87. The predicted molar refractivity (Wildman–Crippen MR) is 61.5 cm³/mol. The van der Waals surface area contributed by atoms with E-state index in [4.69, 9.17) is 4.74 Å².